The van der Waals surface area contributed by atoms with Gasteiger partial charge in [0.25, 0.3) is 5.91 Å². The quantitative estimate of drug-likeness (QED) is 0.618. The fourth-order valence-electron chi connectivity index (χ4n) is 2.49. The number of thioether (sulfide) groups is 1. The van der Waals surface area contributed by atoms with Gasteiger partial charge in [-0.15, -0.1) is 11.8 Å². The van der Waals surface area contributed by atoms with Crippen molar-refractivity contribution < 1.29 is 14.0 Å². The van der Waals surface area contributed by atoms with Crippen molar-refractivity contribution in [2.45, 2.75) is 12.3 Å². The second-order valence-electron chi connectivity index (χ2n) is 5.83. The van der Waals surface area contributed by atoms with Gasteiger partial charge in [-0.1, -0.05) is 42.5 Å². The van der Waals surface area contributed by atoms with Gasteiger partial charge < -0.3 is 15.1 Å². The molecule has 1 heterocycles. The fourth-order valence-corrected chi connectivity index (χ4v) is 3.28. The molecule has 0 aliphatic heterocycles. The molecule has 0 aliphatic rings. The molecule has 0 saturated heterocycles. The van der Waals surface area contributed by atoms with E-state index in [1.54, 1.807) is 42.7 Å². The summed E-state index contributed by atoms with van der Waals surface area (Å²) in [6, 6.07) is 20.5. The molecule has 2 amide bonds. The zero-order chi connectivity index (χ0) is 18.9. The Morgan fingerprint density at radius 1 is 0.926 bits per heavy atom. The van der Waals surface area contributed by atoms with Crippen molar-refractivity contribution in [3.05, 3.63) is 89.9 Å². The lowest BCUT2D eigenvalue weighted by atomic mass is 10.1. The van der Waals surface area contributed by atoms with Crippen molar-refractivity contribution in [3.63, 3.8) is 0 Å². The van der Waals surface area contributed by atoms with Crippen LogP contribution in [0.25, 0.3) is 0 Å². The summed E-state index contributed by atoms with van der Waals surface area (Å²) in [5.41, 5.74) is 2.10. The van der Waals surface area contributed by atoms with Gasteiger partial charge in [0, 0.05) is 5.75 Å². The van der Waals surface area contributed by atoms with Crippen LogP contribution in [0.15, 0.2) is 77.4 Å². The van der Waals surface area contributed by atoms with E-state index in [2.05, 4.69) is 10.6 Å². The predicted octanol–water partition coefficient (Wildman–Crippen LogP) is 4.08. The zero-order valence-corrected chi connectivity index (χ0v) is 15.5. The highest BCUT2D eigenvalue weighted by Crippen LogP contribution is 2.17. The molecular formula is C21H20N2O3S. The summed E-state index contributed by atoms with van der Waals surface area (Å²) in [6.45, 7) is 0.293. The van der Waals surface area contributed by atoms with Gasteiger partial charge in [0.1, 0.15) is 5.76 Å². The van der Waals surface area contributed by atoms with E-state index in [9.17, 15) is 9.59 Å². The van der Waals surface area contributed by atoms with Crippen LogP contribution in [0.5, 0.6) is 0 Å². The van der Waals surface area contributed by atoms with Crippen LogP contribution in [0.1, 0.15) is 21.7 Å². The van der Waals surface area contributed by atoms with Gasteiger partial charge >= 0.3 is 0 Å². The van der Waals surface area contributed by atoms with E-state index in [0.29, 0.717) is 29.3 Å². The molecule has 0 spiro atoms. The highest BCUT2D eigenvalue weighted by Gasteiger charge is 2.13. The monoisotopic (exact) mass is 380 g/mol. The average molecular weight is 380 g/mol. The van der Waals surface area contributed by atoms with E-state index >= 15 is 0 Å². The van der Waals surface area contributed by atoms with E-state index < -0.39 is 0 Å². The Balaban J connectivity index is 1.53. The smallest absolute Gasteiger partial charge is 0.253 e. The highest BCUT2D eigenvalue weighted by atomic mass is 32.2. The van der Waals surface area contributed by atoms with Gasteiger partial charge in [0.15, 0.2) is 0 Å². The van der Waals surface area contributed by atoms with Crippen LogP contribution >= 0.6 is 11.8 Å². The minimum Gasteiger partial charge on any atom is -0.467 e. The summed E-state index contributed by atoms with van der Waals surface area (Å²) in [5.74, 6) is 1.35. The molecule has 3 rings (SSSR count). The predicted molar refractivity (Wildman–Crippen MR) is 108 cm³/mol. The van der Waals surface area contributed by atoms with Crippen LogP contribution in [0, 0.1) is 0 Å². The molecule has 0 radical (unpaired) electrons. The summed E-state index contributed by atoms with van der Waals surface area (Å²) in [7, 11) is 0. The van der Waals surface area contributed by atoms with Crippen LogP contribution in [-0.2, 0) is 17.1 Å². The van der Waals surface area contributed by atoms with Gasteiger partial charge in [-0.3, -0.25) is 9.59 Å². The molecule has 0 atom stereocenters. The number of anilines is 1. The average Bonchev–Trinajstić information content (AvgIpc) is 3.21. The van der Waals surface area contributed by atoms with Crippen molar-refractivity contribution in [1.29, 1.82) is 0 Å². The van der Waals surface area contributed by atoms with Crippen molar-refractivity contribution in [2.24, 2.45) is 0 Å². The van der Waals surface area contributed by atoms with Crippen molar-refractivity contribution >= 4 is 29.3 Å². The maximum atomic E-state index is 12.4. The third kappa shape index (κ3) is 5.76. The van der Waals surface area contributed by atoms with E-state index in [-0.39, 0.29) is 11.8 Å². The molecule has 5 nitrogen and oxygen atoms in total. The number of nitrogens with one attached hydrogen (secondary N) is 2. The molecule has 2 N–H and O–H groups in total. The number of para-hydroxylation sites is 1. The molecule has 3 aromatic rings. The van der Waals surface area contributed by atoms with Crippen molar-refractivity contribution in [1.82, 2.24) is 5.32 Å². The standard InChI is InChI=1S/C21H20N2O3S/c24-20(15-27-14-16-7-2-1-3-8-16)23-19-11-5-4-10-18(19)21(25)22-13-17-9-6-12-26-17/h1-12H,13-15H2,(H,22,25)(H,23,24). The van der Waals surface area contributed by atoms with Gasteiger partial charge in [-0.2, -0.15) is 0 Å². The Hall–Kier alpha value is -2.99. The Bertz CT molecular complexity index is 879. The SMILES string of the molecule is O=C(CSCc1ccccc1)Nc1ccccc1C(=O)NCc1ccco1. The molecule has 138 valence electrons. The molecule has 2 aromatic carbocycles. The van der Waals surface area contributed by atoms with Gasteiger partial charge in [-0.05, 0) is 29.8 Å². The Labute approximate surface area is 162 Å². The lowest BCUT2D eigenvalue weighted by Crippen LogP contribution is -2.25. The van der Waals surface area contributed by atoms with E-state index in [4.69, 9.17) is 4.42 Å². The summed E-state index contributed by atoms with van der Waals surface area (Å²) < 4.78 is 5.21. The first kappa shape index (κ1) is 18.8. The second kappa shape index (κ2) is 9.64. The number of hydrogen-bond acceptors (Lipinski definition) is 4. The Kier molecular flexibility index (Phi) is 6.71. The van der Waals surface area contributed by atoms with Crippen LogP contribution in [0.2, 0.25) is 0 Å². The Morgan fingerprint density at radius 3 is 2.48 bits per heavy atom. The number of rotatable bonds is 8. The summed E-state index contributed by atoms with van der Waals surface area (Å²) in [5, 5.41) is 5.62. The fraction of sp³-hybridized carbons (Fsp3) is 0.143. The number of carbonyl (C=O) groups is 2. The van der Waals surface area contributed by atoms with Crippen LogP contribution in [-0.4, -0.2) is 17.6 Å². The first-order valence-electron chi connectivity index (χ1n) is 8.53. The lowest BCUT2D eigenvalue weighted by Gasteiger charge is -2.11. The van der Waals surface area contributed by atoms with Gasteiger partial charge in [0.2, 0.25) is 5.91 Å². The molecule has 0 unspecified atom stereocenters. The lowest BCUT2D eigenvalue weighted by molar-refractivity contribution is -0.113. The normalized spacial score (nSPS) is 10.4. The third-order valence-corrected chi connectivity index (χ3v) is 4.80. The molecule has 6 heteroatoms. The van der Waals surface area contributed by atoms with Crippen LogP contribution < -0.4 is 10.6 Å². The number of carbonyl (C=O) groups excluding carboxylic acids is 2. The summed E-state index contributed by atoms with van der Waals surface area (Å²) in [4.78, 5) is 24.7. The van der Waals surface area contributed by atoms with Crippen molar-refractivity contribution in [3.8, 4) is 0 Å². The van der Waals surface area contributed by atoms with Crippen LogP contribution in [0.3, 0.4) is 0 Å². The maximum Gasteiger partial charge on any atom is 0.253 e. The van der Waals surface area contributed by atoms with E-state index in [1.807, 2.05) is 30.3 Å². The van der Waals surface area contributed by atoms with E-state index in [0.717, 1.165) is 5.75 Å². The molecule has 0 saturated carbocycles. The number of amides is 2. The summed E-state index contributed by atoms with van der Waals surface area (Å²) in [6.07, 6.45) is 1.56. The first-order valence-corrected chi connectivity index (χ1v) is 9.69. The zero-order valence-electron chi connectivity index (χ0n) is 14.7. The van der Waals surface area contributed by atoms with E-state index in [1.165, 1.54) is 17.3 Å². The minimum absolute atomic E-state index is 0.137. The molecule has 1 aromatic heterocycles. The molecule has 0 fully saturated rings. The molecular weight excluding hydrogens is 360 g/mol. The topological polar surface area (TPSA) is 71.3 Å². The molecule has 0 bridgehead atoms. The number of hydrogen-bond donors (Lipinski definition) is 2. The largest absolute Gasteiger partial charge is 0.467 e. The van der Waals surface area contributed by atoms with Gasteiger partial charge in [0.05, 0.1) is 29.8 Å². The molecule has 27 heavy (non-hydrogen) atoms. The summed E-state index contributed by atoms with van der Waals surface area (Å²) >= 11 is 1.53. The van der Waals surface area contributed by atoms with Crippen molar-refractivity contribution in [2.75, 3.05) is 11.1 Å². The minimum atomic E-state index is -0.265. The molecule has 0 aliphatic carbocycles. The second-order valence-corrected chi connectivity index (χ2v) is 6.82. The van der Waals surface area contributed by atoms with Gasteiger partial charge in [-0.25, -0.2) is 0 Å². The number of furan rings is 1. The first-order chi connectivity index (χ1) is 13.2. The Morgan fingerprint density at radius 2 is 1.70 bits per heavy atom. The number of benzene rings is 2. The van der Waals surface area contributed by atoms with Crippen LogP contribution in [0.4, 0.5) is 5.69 Å². The maximum absolute atomic E-state index is 12.4. The highest BCUT2D eigenvalue weighted by molar-refractivity contribution is 7.99. The third-order valence-electron chi connectivity index (χ3n) is 3.79.